The van der Waals surface area contributed by atoms with Crippen LogP contribution in [0.5, 0.6) is 0 Å². The Kier molecular flexibility index (Phi) is 4.65. The van der Waals surface area contributed by atoms with Gasteiger partial charge in [-0.2, -0.15) is 0 Å². The second-order valence-corrected chi connectivity index (χ2v) is 5.41. The van der Waals surface area contributed by atoms with Crippen molar-refractivity contribution in [3.63, 3.8) is 0 Å². The Labute approximate surface area is 125 Å². The second kappa shape index (κ2) is 6.85. The average molecular weight is 283 g/mol. The van der Waals surface area contributed by atoms with E-state index in [1.807, 2.05) is 6.07 Å². The van der Waals surface area contributed by atoms with Crippen LogP contribution in [0.4, 0.5) is 0 Å². The van der Waals surface area contributed by atoms with Crippen LogP contribution in [-0.2, 0) is 15.9 Å². The average Bonchev–Trinajstić information content (AvgIpc) is 2.57. The first-order valence-corrected chi connectivity index (χ1v) is 7.40. The summed E-state index contributed by atoms with van der Waals surface area (Å²) in [6, 6.07) is 18.8. The molecule has 21 heavy (non-hydrogen) atoms. The van der Waals surface area contributed by atoms with Crippen LogP contribution >= 0.6 is 0 Å². The van der Waals surface area contributed by atoms with Crippen LogP contribution in [0, 0.1) is 0 Å². The van der Waals surface area contributed by atoms with Crippen LogP contribution in [0.25, 0.3) is 0 Å². The van der Waals surface area contributed by atoms with Gasteiger partial charge in [0.15, 0.2) is 0 Å². The Morgan fingerprint density at radius 1 is 0.952 bits per heavy atom. The molecule has 3 rings (SSSR count). The molecular formula is C18H21NO2. The molecule has 0 spiro atoms. The summed E-state index contributed by atoms with van der Waals surface area (Å²) in [7, 11) is 0. The van der Waals surface area contributed by atoms with Crippen molar-refractivity contribution in [2.45, 2.75) is 18.6 Å². The SMILES string of the molecule is NC(c1ccc(Cc2ccccc2)cc1)C1COCCO1. The minimum Gasteiger partial charge on any atom is -0.376 e. The van der Waals surface area contributed by atoms with Gasteiger partial charge in [-0.05, 0) is 23.1 Å². The number of ether oxygens (including phenoxy) is 2. The van der Waals surface area contributed by atoms with E-state index in [0.717, 1.165) is 12.0 Å². The summed E-state index contributed by atoms with van der Waals surface area (Å²) >= 11 is 0. The number of hydrogen-bond donors (Lipinski definition) is 1. The minimum absolute atomic E-state index is 0.0428. The predicted octanol–water partition coefficient (Wildman–Crippen LogP) is 2.69. The fourth-order valence-electron chi connectivity index (χ4n) is 2.62. The van der Waals surface area contributed by atoms with Gasteiger partial charge in [-0.15, -0.1) is 0 Å². The van der Waals surface area contributed by atoms with Crippen molar-refractivity contribution in [1.82, 2.24) is 0 Å². The van der Waals surface area contributed by atoms with Crippen LogP contribution in [0.2, 0.25) is 0 Å². The molecular weight excluding hydrogens is 262 g/mol. The maximum absolute atomic E-state index is 6.27. The quantitative estimate of drug-likeness (QED) is 0.938. The summed E-state index contributed by atoms with van der Waals surface area (Å²) in [4.78, 5) is 0. The van der Waals surface area contributed by atoms with E-state index in [2.05, 4.69) is 48.5 Å². The van der Waals surface area contributed by atoms with E-state index in [4.69, 9.17) is 15.2 Å². The fourth-order valence-corrected chi connectivity index (χ4v) is 2.62. The molecule has 0 saturated carbocycles. The highest BCUT2D eigenvalue weighted by Gasteiger charge is 2.23. The lowest BCUT2D eigenvalue weighted by Gasteiger charge is -2.28. The molecule has 0 radical (unpaired) electrons. The van der Waals surface area contributed by atoms with Crippen LogP contribution in [-0.4, -0.2) is 25.9 Å². The molecule has 2 unspecified atom stereocenters. The normalized spacial score (nSPS) is 20.1. The third kappa shape index (κ3) is 3.70. The first-order chi connectivity index (χ1) is 10.3. The third-order valence-electron chi connectivity index (χ3n) is 3.86. The number of nitrogens with two attached hydrogens (primary N) is 1. The van der Waals surface area contributed by atoms with Gasteiger partial charge in [0.05, 0.1) is 25.9 Å². The van der Waals surface area contributed by atoms with E-state index in [1.54, 1.807) is 0 Å². The predicted molar refractivity (Wildman–Crippen MR) is 83.2 cm³/mol. The summed E-state index contributed by atoms with van der Waals surface area (Å²) in [5.74, 6) is 0. The lowest BCUT2D eigenvalue weighted by Crippen LogP contribution is -2.37. The molecule has 3 nitrogen and oxygen atoms in total. The van der Waals surface area contributed by atoms with Crippen LogP contribution < -0.4 is 5.73 Å². The molecule has 0 aromatic heterocycles. The van der Waals surface area contributed by atoms with Gasteiger partial charge in [-0.1, -0.05) is 54.6 Å². The zero-order chi connectivity index (χ0) is 14.5. The van der Waals surface area contributed by atoms with Gasteiger partial charge in [0.25, 0.3) is 0 Å². The smallest absolute Gasteiger partial charge is 0.100 e. The largest absolute Gasteiger partial charge is 0.376 e. The Hall–Kier alpha value is -1.68. The number of rotatable bonds is 4. The monoisotopic (exact) mass is 283 g/mol. The van der Waals surface area contributed by atoms with Crippen LogP contribution in [0.15, 0.2) is 54.6 Å². The Bertz CT molecular complexity index is 547. The van der Waals surface area contributed by atoms with Gasteiger partial charge >= 0.3 is 0 Å². The van der Waals surface area contributed by atoms with Crippen molar-refractivity contribution >= 4 is 0 Å². The standard InChI is InChI=1S/C18H21NO2/c19-18(17-13-20-10-11-21-17)16-8-6-15(7-9-16)12-14-4-2-1-3-5-14/h1-9,17-18H,10-13,19H2. The molecule has 0 bridgehead atoms. The van der Waals surface area contributed by atoms with E-state index in [-0.39, 0.29) is 12.1 Å². The maximum Gasteiger partial charge on any atom is 0.100 e. The van der Waals surface area contributed by atoms with Crippen molar-refractivity contribution in [3.8, 4) is 0 Å². The molecule has 3 heteroatoms. The zero-order valence-electron chi connectivity index (χ0n) is 12.1. The molecule has 1 aliphatic heterocycles. The topological polar surface area (TPSA) is 44.5 Å². The highest BCUT2D eigenvalue weighted by Crippen LogP contribution is 2.20. The summed E-state index contributed by atoms with van der Waals surface area (Å²) in [5, 5.41) is 0. The number of benzene rings is 2. The fraction of sp³-hybridized carbons (Fsp3) is 0.333. The van der Waals surface area contributed by atoms with Gasteiger partial charge < -0.3 is 15.2 Å². The van der Waals surface area contributed by atoms with Crippen LogP contribution in [0.3, 0.4) is 0 Å². The zero-order valence-corrected chi connectivity index (χ0v) is 12.1. The van der Waals surface area contributed by atoms with Crippen molar-refractivity contribution in [1.29, 1.82) is 0 Å². The van der Waals surface area contributed by atoms with Gasteiger partial charge in [-0.3, -0.25) is 0 Å². The van der Waals surface area contributed by atoms with E-state index >= 15 is 0 Å². The molecule has 1 aliphatic rings. The lowest BCUT2D eigenvalue weighted by atomic mass is 9.98. The van der Waals surface area contributed by atoms with Gasteiger partial charge in [0.2, 0.25) is 0 Å². The molecule has 1 heterocycles. The third-order valence-corrected chi connectivity index (χ3v) is 3.86. The van der Waals surface area contributed by atoms with E-state index in [1.165, 1.54) is 11.1 Å². The maximum atomic E-state index is 6.27. The first kappa shape index (κ1) is 14.3. The van der Waals surface area contributed by atoms with Crippen molar-refractivity contribution in [3.05, 3.63) is 71.3 Å². The molecule has 2 aromatic carbocycles. The second-order valence-electron chi connectivity index (χ2n) is 5.41. The summed E-state index contributed by atoms with van der Waals surface area (Å²) < 4.78 is 11.1. The summed E-state index contributed by atoms with van der Waals surface area (Å²) in [6.45, 7) is 1.87. The van der Waals surface area contributed by atoms with E-state index in [0.29, 0.717) is 19.8 Å². The van der Waals surface area contributed by atoms with Gasteiger partial charge in [0, 0.05) is 0 Å². The molecule has 0 aliphatic carbocycles. The molecule has 2 aromatic rings. The molecule has 1 saturated heterocycles. The van der Waals surface area contributed by atoms with Crippen molar-refractivity contribution in [2.75, 3.05) is 19.8 Å². The highest BCUT2D eigenvalue weighted by molar-refractivity contribution is 5.30. The molecule has 110 valence electrons. The highest BCUT2D eigenvalue weighted by atomic mass is 16.6. The number of hydrogen-bond acceptors (Lipinski definition) is 3. The van der Waals surface area contributed by atoms with Crippen LogP contribution in [0.1, 0.15) is 22.7 Å². The molecule has 2 atom stereocenters. The van der Waals surface area contributed by atoms with Gasteiger partial charge in [-0.25, -0.2) is 0 Å². The Balaban J connectivity index is 1.66. The molecule has 1 fully saturated rings. The van der Waals surface area contributed by atoms with Gasteiger partial charge in [0.1, 0.15) is 6.10 Å². The summed E-state index contributed by atoms with van der Waals surface area (Å²) in [6.07, 6.45) is 0.901. The van der Waals surface area contributed by atoms with E-state index < -0.39 is 0 Å². The minimum atomic E-state index is -0.129. The van der Waals surface area contributed by atoms with Crippen molar-refractivity contribution in [2.24, 2.45) is 5.73 Å². The molecule has 2 N–H and O–H groups in total. The Morgan fingerprint density at radius 2 is 1.67 bits per heavy atom. The first-order valence-electron chi connectivity index (χ1n) is 7.40. The van der Waals surface area contributed by atoms with E-state index in [9.17, 15) is 0 Å². The van der Waals surface area contributed by atoms with Crippen molar-refractivity contribution < 1.29 is 9.47 Å². The lowest BCUT2D eigenvalue weighted by molar-refractivity contribution is -0.0975. The summed E-state index contributed by atoms with van der Waals surface area (Å²) in [5.41, 5.74) is 9.97. The Morgan fingerprint density at radius 3 is 2.33 bits per heavy atom. The molecule has 0 amide bonds.